The van der Waals surface area contributed by atoms with Crippen molar-refractivity contribution in [1.29, 1.82) is 0 Å². The summed E-state index contributed by atoms with van der Waals surface area (Å²) in [5.74, 6) is 1.05. The Labute approximate surface area is 147 Å². The zero-order chi connectivity index (χ0) is 17.2. The van der Waals surface area contributed by atoms with Gasteiger partial charge in [0.05, 0.1) is 24.1 Å². The molecule has 0 saturated heterocycles. The van der Waals surface area contributed by atoms with E-state index in [4.69, 9.17) is 0 Å². The van der Waals surface area contributed by atoms with Crippen molar-refractivity contribution in [3.8, 4) is 0 Å². The third-order valence-corrected chi connectivity index (χ3v) is 4.85. The van der Waals surface area contributed by atoms with Crippen LogP contribution >= 0.6 is 0 Å². The van der Waals surface area contributed by atoms with Crippen LogP contribution in [-0.2, 0) is 24.8 Å². The van der Waals surface area contributed by atoms with E-state index in [1.165, 1.54) is 5.56 Å². The Balaban J connectivity index is 1.42. The molecule has 4 rings (SSSR count). The molecule has 0 saturated carbocycles. The van der Waals surface area contributed by atoms with Crippen LogP contribution in [-0.4, -0.2) is 28.5 Å². The maximum absolute atomic E-state index is 12.6. The molecule has 0 spiro atoms. The van der Waals surface area contributed by atoms with Gasteiger partial charge in [-0.05, 0) is 36.6 Å². The van der Waals surface area contributed by atoms with Crippen LogP contribution in [0, 0.1) is 0 Å². The van der Waals surface area contributed by atoms with Crippen LogP contribution < -0.4 is 10.2 Å². The molecule has 1 amide bonds. The smallest absolute Gasteiger partial charge is 0.240 e. The van der Waals surface area contributed by atoms with Crippen molar-refractivity contribution in [3.63, 3.8) is 0 Å². The summed E-state index contributed by atoms with van der Waals surface area (Å²) in [7, 11) is 2.01. The first-order chi connectivity index (χ1) is 12.2. The van der Waals surface area contributed by atoms with Gasteiger partial charge in [0.15, 0.2) is 0 Å². The van der Waals surface area contributed by atoms with Gasteiger partial charge in [-0.25, -0.2) is 4.98 Å². The molecule has 0 radical (unpaired) electrons. The first-order valence-electron chi connectivity index (χ1n) is 8.73. The fraction of sp³-hybridized carbons (Fsp3) is 0.300. The number of aromatic nitrogens is 2. The molecular formula is C20H22N4O. The van der Waals surface area contributed by atoms with Gasteiger partial charge < -0.3 is 14.8 Å². The largest absolute Gasteiger partial charge is 0.330 e. The lowest BCUT2D eigenvalue weighted by Gasteiger charge is -2.29. The van der Waals surface area contributed by atoms with E-state index in [0.717, 1.165) is 41.9 Å². The van der Waals surface area contributed by atoms with Crippen molar-refractivity contribution in [1.82, 2.24) is 14.9 Å². The molecule has 0 fully saturated rings. The monoisotopic (exact) mass is 334 g/mol. The number of nitrogens with zero attached hydrogens (tertiary/aromatic N) is 3. The standard InChI is InChI=1S/C20H22N4O/c1-23-18-11-5-3-9-16(18)22-19(23)13-21-14-20(25)24-12-6-8-15-7-2-4-10-17(15)24/h2-5,7,9-11,21H,6,8,12-14H2,1H3. The van der Waals surface area contributed by atoms with Gasteiger partial charge in [0.2, 0.25) is 5.91 Å². The average Bonchev–Trinajstić information content (AvgIpc) is 2.97. The van der Waals surface area contributed by atoms with Crippen LogP contribution in [0.1, 0.15) is 17.8 Å². The lowest BCUT2D eigenvalue weighted by atomic mass is 10.0. The fourth-order valence-electron chi connectivity index (χ4n) is 3.52. The quantitative estimate of drug-likeness (QED) is 0.798. The number of hydrogen-bond acceptors (Lipinski definition) is 3. The minimum atomic E-state index is 0.117. The summed E-state index contributed by atoms with van der Waals surface area (Å²) in [6.07, 6.45) is 2.07. The Morgan fingerprint density at radius 1 is 1.16 bits per heavy atom. The molecule has 2 aromatic carbocycles. The van der Waals surface area contributed by atoms with Crippen molar-refractivity contribution >= 4 is 22.6 Å². The van der Waals surface area contributed by atoms with Crippen LogP contribution in [0.4, 0.5) is 5.69 Å². The molecular weight excluding hydrogens is 312 g/mol. The van der Waals surface area contributed by atoms with Crippen LogP contribution in [0.15, 0.2) is 48.5 Å². The van der Waals surface area contributed by atoms with E-state index in [1.807, 2.05) is 48.3 Å². The molecule has 5 heteroatoms. The minimum absolute atomic E-state index is 0.117. The second-order valence-electron chi connectivity index (χ2n) is 6.46. The summed E-state index contributed by atoms with van der Waals surface area (Å²) in [4.78, 5) is 19.2. The van der Waals surface area contributed by atoms with E-state index in [9.17, 15) is 4.79 Å². The van der Waals surface area contributed by atoms with Crippen LogP contribution in [0.5, 0.6) is 0 Å². The fourth-order valence-corrected chi connectivity index (χ4v) is 3.52. The zero-order valence-electron chi connectivity index (χ0n) is 14.4. The predicted molar refractivity (Wildman–Crippen MR) is 99.5 cm³/mol. The van der Waals surface area contributed by atoms with Gasteiger partial charge >= 0.3 is 0 Å². The van der Waals surface area contributed by atoms with Crippen molar-refractivity contribution in [2.24, 2.45) is 7.05 Å². The number of rotatable bonds is 4. The number of hydrogen-bond donors (Lipinski definition) is 1. The van der Waals surface area contributed by atoms with Crippen molar-refractivity contribution in [2.45, 2.75) is 19.4 Å². The highest BCUT2D eigenvalue weighted by atomic mass is 16.2. The van der Waals surface area contributed by atoms with Crippen LogP contribution in [0.25, 0.3) is 11.0 Å². The number of imidazole rings is 1. The van der Waals surface area contributed by atoms with Gasteiger partial charge in [-0.2, -0.15) is 0 Å². The molecule has 0 unspecified atom stereocenters. The molecule has 0 bridgehead atoms. The number of carbonyl (C=O) groups is 1. The van der Waals surface area contributed by atoms with Gasteiger partial charge in [-0.15, -0.1) is 0 Å². The zero-order valence-corrected chi connectivity index (χ0v) is 14.4. The Morgan fingerprint density at radius 3 is 2.84 bits per heavy atom. The molecule has 3 aromatic rings. The molecule has 0 aliphatic carbocycles. The number of fused-ring (bicyclic) bond motifs is 2. The van der Waals surface area contributed by atoms with E-state index in [2.05, 4.69) is 27.0 Å². The Morgan fingerprint density at radius 2 is 1.96 bits per heavy atom. The van der Waals surface area contributed by atoms with Crippen LogP contribution in [0.3, 0.4) is 0 Å². The van der Waals surface area contributed by atoms with Crippen molar-refractivity contribution in [2.75, 3.05) is 18.0 Å². The summed E-state index contributed by atoms with van der Waals surface area (Å²) in [6, 6.07) is 16.3. The maximum atomic E-state index is 12.6. The number of nitrogens with one attached hydrogen (secondary N) is 1. The SMILES string of the molecule is Cn1c(CNCC(=O)N2CCCc3ccccc32)nc2ccccc21. The number of carbonyl (C=O) groups excluding carboxylic acids is 1. The summed E-state index contributed by atoms with van der Waals surface area (Å²) in [5.41, 5.74) is 4.41. The highest BCUT2D eigenvalue weighted by Crippen LogP contribution is 2.26. The number of aryl methyl sites for hydroxylation is 2. The molecule has 1 aliphatic rings. The Bertz CT molecular complexity index is 915. The van der Waals surface area contributed by atoms with Gasteiger partial charge in [0, 0.05) is 19.3 Å². The normalized spacial score (nSPS) is 13.9. The number of benzene rings is 2. The summed E-state index contributed by atoms with van der Waals surface area (Å²) in [5, 5.41) is 3.26. The van der Waals surface area contributed by atoms with Gasteiger partial charge in [0.1, 0.15) is 5.82 Å². The number of anilines is 1. The van der Waals surface area contributed by atoms with E-state index >= 15 is 0 Å². The molecule has 1 aromatic heterocycles. The van der Waals surface area contributed by atoms with E-state index in [1.54, 1.807) is 0 Å². The molecule has 128 valence electrons. The summed E-state index contributed by atoms with van der Waals surface area (Å²) in [6.45, 7) is 1.69. The maximum Gasteiger partial charge on any atom is 0.240 e. The molecule has 2 heterocycles. The minimum Gasteiger partial charge on any atom is -0.330 e. The van der Waals surface area contributed by atoms with Gasteiger partial charge in [-0.1, -0.05) is 30.3 Å². The lowest BCUT2D eigenvalue weighted by Crippen LogP contribution is -2.41. The Hall–Kier alpha value is -2.66. The third kappa shape index (κ3) is 3.03. The Kier molecular flexibility index (Phi) is 4.24. The predicted octanol–water partition coefficient (Wildman–Crippen LogP) is 2.64. The molecule has 5 nitrogen and oxygen atoms in total. The van der Waals surface area contributed by atoms with E-state index in [0.29, 0.717) is 13.1 Å². The highest BCUT2D eigenvalue weighted by molar-refractivity contribution is 5.95. The first kappa shape index (κ1) is 15.8. The first-order valence-corrected chi connectivity index (χ1v) is 8.73. The van der Waals surface area contributed by atoms with Gasteiger partial charge in [0.25, 0.3) is 0 Å². The van der Waals surface area contributed by atoms with E-state index in [-0.39, 0.29) is 5.91 Å². The van der Waals surface area contributed by atoms with Crippen molar-refractivity contribution < 1.29 is 4.79 Å². The van der Waals surface area contributed by atoms with Gasteiger partial charge in [-0.3, -0.25) is 4.79 Å². The second kappa shape index (κ2) is 6.69. The average molecular weight is 334 g/mol. The molecule has 1 aliphatic heterocycles. The summed E-state index contributed by atoms with van der Waals surface area (Å²) < 4.78 is 2.07. The number of amides is 1. The number of para-hydroxylation sites is 3. The third-order valence-electron chi connectivity index (χ3n) is 4.85. The highest BCUT2D eigenvalue weighted by Gasteiger charge is 2.21. The molecule has 0 atom stereocenters. The van der Waals surface area contributed by atoms with Crippen molar-refractivity contribution in [3.05, 3.63) is 59.9 Å². The molecule has 1 N–H and O–H groups in total. The second-order valence-corrected chi connectivity index (χ2v) is 6.46. The van der Waals surface area contributed by atoms with E-state index < -0.39 is 0 Å². The van der Waals surface area contributed by atoms with Crippen LogP contribution in [0.2, 0.25) is 0 Å². The molecule has 25 heavy (non-hydrogen) atoms. The lowest BCUT2D eigenvalue weighted by molar-refractivity contribution is -0.117. The topological polar surface area (TPSA) is 50.2 Å². The summed E-state index contributed by atoms with van der Waals surface area (Å²) >= 11 is 0.